The average Bonchev–Trinajstić information content (AvgIpc) is 2.62. The van der Waals surface area contributed by atoms with E-state index in [9.17, 15) is 4.79 Å². The van der Waals surface area contributed by atoms with Crippen LogP contribution in [0.15, 0.2) is 70.9 Å². The van der Waals surface area contributed by atoms with Gasteiger partial charge in [-0.25, -0.2) is 4.99 Å². The highest BCUT2D eigenvalue weighted by Crippen LogP contribution is 2.33. The fourth-order valence-electron chi connectivity index (χ4n) is 2.65. The highest BCUT2D eigenvalue weighted by molar-refractivity contribution is 8.13. The molecule has 0 aromatic heterocycles. The average molecular weight is 499 g/mol. The van der Waals surface area contributed by atoms with Crippen molar-refractivity contribution < 1.29 is 28.8 Å². The molecule has 1 aliphatic rings. The zero-order chi connectivity index (χ0) is 17.8. The monoisotopic (exact) mass is 498 g/mol. The lowest BCUT2D eigenvalue weighted by Gasteiger charge is -2.26. The molecular formula is C19H18ClIN3OS-. The number of carbonyl (C=O) groups excluding carboxylic acids is 1. The number of rotatable bonds is 3. The van der Waals surface area contributed by atoms with Crippen molar-refractivity contribution >= 4 is 40.1 Å². The molecule has 4 nitrogen and oxygen atoms in total. The Bertz CT molecular complexity index is 838. The van der Waals surface area contributed by atoms with Crippen LogP contribution in [0.4, 0.5) is 5.69 Å². The molecular weight excluding hydrogens is 481 g/mol. The summed E-state index contributed by atoms with van der Waals surface area (Å²) in [7, 11) is 0. The SMILES string of the molecule is CSC1=NC(c2ccc(Cl)cc2)C(C(=O)Nc2ccccc2)=C(C)N1.[I-]. The summed E-state index contributed by atoms with van der Waals surface area (Å²) in [6.45, 7) is 1.90. The van der Waals surface area contributed by atoms with E-state index >= 15 is 0 Å². The van der Waals surface area contributed by atoms with Gasteiger partial charge in [-0.15, -0.1) is 0 Å². The molecule has 2 aromatic carbocycles. The van der Waals surface area contributed by atoms with Gasteiger partial charge in [-0.05, 0) is 43.0 Å². The lowest BCUT2D eigenvalue weighted by Crippen LogP contribution is -3.00. The minimum atomic E-state index is -0.371. The Labute approximate surface area is 179 Å². The van der Waals surface area contributed by atoms with Crippen molar-refractivity contribution in [1.82, 2.24) is 5.32 Å². The number of anilines is 1. The second-order valence-corrected chi connectivity index (χ2v) is 6.81. The zero-order valence-electron chi connectivity index (χ0n) is 14.3. The van der Waals surface area contributed by atoms with Crippen LogP contribution in [0.2, 0.25) is 5.02 Å². The first-order valence-electron chi connectivity index (χ1n) is 7.80. The number of para-hydroxylation sites is 1. The third-order valence-corrected chi connectivity index (χ3v) is 4.72. The van der Waals surface area contributed by atoms with E-state index in [-0.39, 0.29) is 35.9 Å². The van der Waals surface area contributed by atoms with Crippen LogP contribution in [0.5, 0.6) is 0 Å². The summed E-state index contributed by atoms with van der Waals surface area (Å²) < 4.78 is 0. The predicted molar refractivity (Wildman–Crippen MR) is 106 cm³/mol. The molecule has 3 rings (SSSR count). The summed E-state index contributed by atoms with van der Waals surface area (Å²) >= 11 is 7.51. The van der Waals surface area contributed by atoms with Gasteiger partial charge in [0, 0.05) is 16.4 Å². The topological polar surface area (TPSA) is 53.5 Å². The number of allylic oxidation sites excluding steroid dienone is 1. The molecule has 7 heteroatoms. The summed E-state index contributed by atoms with van der Waals surface area (Å²) in [5.41, 5.74) is 3.08. The number of aliphatic imine (C=N–C) groups is 1. The number of benzene rings is 2. The van der Waals surface area contributed by atoms with Gasteiger partial charge >= 0.3 is 0 Å². The van der Waals surface area contributed by atoms with Crippen LogP contribution in [-0.2, 0) is 4.79 Å². The summed E-state index contributed by atoms with van der Waals surface area (Å²) in [5.74, 6) is -0.167. The normalized spacial score (nSPS) is 16.3. The van der Waals surface area contributed by atoms with Gasteiger partial charge in [-0.1, -0.05) is 53.7 Å². The van der Waals surface area contributed by atoms with Crippen molar-refractivity contribution in [3.63, 3.8) is 0 Å². The van der Waals surface area contributed by atoms with Crippen molar-refractivity contribution in [2.75, 3.05) is 11.6 Å². The van der Waals surface area contributed by atoms with E-state index in [2.05, 4.69) is 10.6 Å². The van der Waals surface area contributed by atoms with Crippen LogP contribution >= 0.6 is 23.4 Å². The molecule has 0 bridgehead atoms. The smallest absolute Gasteiger partial charge is 0.255 e. The number of nitrogens with one attached hydrogen (secondary N) is 2. The van der Waals surface area contributed by atoms with Crippen molar-refractivity contribution in [1.29, 1.82) is 0 Å². The molecule has 0 saturated carbocycles. The lowest BCUT2D eigenvalue weighted by atomic mass is 9.96. The number of carbonyl (C=O) groups is 1. The second kappa shape index (κ2) is 9.43. The van der Waals surface area contributed by atoms with Crippen LogP contribution < -0.4 is 34.6 Å². The molecule has 26 heavy (non-hydrogen) atoms. The first-order chi connectivity index (χ1) is 12.1. The number of thioether (sulfide) groups is 1. The largest absolute Gasteiger partial charge is 1.00 e. The van der Waals surface area contributed by atoms with Gasteiger partial charge in [0.05, 0.1) is 5.57 Å². The minimum absolute atomic E-state index is 0. The Morgan fingerprint density at radius 3 is 2.42 bits per heavy atom. The van der Waals surface area contributed by atoms with Crippen LogP contribution in [0.3, 0.4) is 0 Å². The van der Waals surface area contributed by atoms with Crippen molar-refractivity contribution in [3.05, 3.63) is 76.5 Å². The molecule has 1 heterocycles. The Balaban J connectivity index is 0.00000243. The number of hydrogen-bond acceptors (Lipinski definition) is 4. The number of halogens is 2. The second-order valence-electron chi connectivity index (χ2n) is 5.58. The maximum atomic E-state index is 12.9. The predicted octanol–water partition coefficient (Wildman–Crippen LogP) is 1.62. The number of nitrogens with zero attached hydrogens (tertiary/aromatic N) is 1. The van der Waals surface area contributed by atoms with E-state index < -0.39 is 0 Å². The van der Waals surface area contributed by atoms with Gasteiger partial charge < -0.3 is 34.6 Å². The molecule has 0 fully saturated rings. The lowest BCUT2D eigenvalue weighted by molar-refractivity contribution is -0.113. The van der Waals surface area contributed by atoms with E-state index in [1.807, 2.05) is 67.8 Å². The minimum Gasteiger partial charge on any atom is -1.00 e. The maximum Gasteiger partial charge on any atom is 0.255 e. The third kappa shape index (κ3) is 4.81. The molecule has 2 aromatic rings. The Morgan fingerprint density at radius 2 is 1.81 bits per heavy atom. The molecule has 2 N–H and O–H groups in total. The number of amidine groups is 1. The van der Waals surface area contributed by atoms with E-state index in [1.54, 1.807) is 0 Å². The fraction of sp³-hybridized carbons (Fsp3) is 0.158. The summed E-state index contributed by atoms with van der Waals surface area (Å²) in [6, 6.07) is 16.5. The third-order valence-electron chi connectivity index (χ3n) is 3.87. The zero-order valence-corrected chi connectivity index (χ0v) is 18.0. The van der Waals surface area contributed by atoms with Gasteiger partial charge in [0.15, 0.2) is 5.17 Å². The van der Waals surface area contributed by atoms with E-state index in [0.29, 0.717) is 10.6 Å². The van der Waals surface area contributed by atoms with E-state index in [4.69, 9.17) is 16.6 Å². The molecule has 0 radical (unpaired) electrons. The van der Waals surface area contributed by atoms with Crippen LogP contribution in [0, 0.1) is 0 Å². The molecule has 1 amide bonds. The van der Waals surface area contributed by atoms with Crippen LogP contribution in [-0.4, -0.2) is 17.3 Å². The summed E-state index contributed by atoms with van der Waals surface area (Å²) in [4.78, 5) is 17.6. The molecule has 0 saturated heterocycles. The first kappa shape index (κ1) is 20.8. The fourth-order valence-corrected chi connectivity index (χ4v) is 3.24. The molecule has 0 aliphatic carbocycles. The number of amides is 1. The van der Waals surface area contributed by atoms with Gasteiger partial charge in [-0.3, -0.25) is 4.79 Å². The number of hydrogen-bond donors (Lipinski definition) is 2. The first-order valence-corrected chi connectivity index (χ1v) is 9.40. The van der Waals surface area contributed by atoms with Crippen LogP contribution in [0.1, 0.15) is 18.5 Å². The highest BCUT2D eigenvalue weighted by Gasteiger charge is 2.29. The van der Waals surface area contributed by atoms with Gasteiger partial charge in [0.1, 0.15) is 6.04 Å². The molecule has 1 atom stereocenters. The van der Waals surface area contributed by atoms with Crippen molar-refractivity contribution in [2.45, 2.75) is 13.0 Å². The van der Waals surface area contributed by atoms with Crippen molar-refractivity contribution in [3.8, 4) is 0 Å². The molecule has 136 valence electrons. The molecule has 0 spiro atoms. The Kier molecular flexibility index (Phi) is 7.55. The summed E-state index contributed by atoms with van der Waals surface area (Å²) in [6.07, 6.45) is 1.95. The van der Waals surface area contributed by atoms with E-state index in [1.165, 1.54) is 11.8 Å². The van der Waals surface area contributed by atoms with Crippen molar-refractivity contribution in [2.24, 2.45) is 4.99 Å². The standard InChI is InChI=1S/C19H18ClN3OS.HI/c1-12-16(18(24)22-15-6-4-3-5-7-15)17(23-19(21-12)25-2)13-8-10-14(20)11-9-13;/h3-11,17H,1-2H3,(H,21,23)(H,22,24);1H/p-1. The highest BCUT2D eigenvalue weighted by atomic mass is 127. The maximum absolute atomic E-state index is 12.9. The quantitative estimate of drug-likeness (QED) is 0.633. The molecule has 1 unspecified atom stereocenters. The van der Waals surface area contributed by atoms with Gasteiger partial charge in [0.2, 0.25) is 0 Å². The Morgan fingerprint density at radius 1 is 1.15 bits per heavy atom. The van der Waals surface area contributed by atoms with E-state index in [0.717, 1.165) is 22.1 Å². The van der Waals surface area contributed by atoms with Crippen LogP contribution in [0.25, 0.3) is 0 Å². The molecule has 1 aliphatic heterocycles. The van der Waals surface area contributed by atoms with Gasteiger partial charge in [0.25, 0.3) is 5.91 Å². The van der Waals surface area contributed by atoms with Gasteiger partial charge in [-0.2, -0.15) is 0 Å². The summed E-state index contributed by atoms with van der Waals surface area (Å²) in [5, 5.41) is 7.59. The Hall–Kier alpha value is -1.51.